The van der Waals surface area contributed by atoms with Gasteiger partial charge in [0, 0.05) is 10.5 Å². The Balaban J connectivity index is 2.04. The first-order valence-corrected chi connectivity index (χ1v) is 10.7. The lowest BCUT2D eigenvalue weighted by Gasteiger charge is -2.15. The Kier molecular flexibility index (Phi) is 5.17. The number of benzene rings is 2. The molecule has 0 aliphatic rings. The molecule has 2 aromatic carbocycles. The molecular weight excluding hydrogens is 396 g/mol. The summed E-state index contributed by atoms with van der Waals surface area (Å²) in [6.45, 7) is 4.25. The molecule has 0 saturated heterocycles. The first-order chi connectivity index (χ1) is 14.4. The normalized spacial score (nSPS) is 11.3. The van der Waals surface area contributed by atoms with E-state index in [0.29, 0.717) is 17.4 Å². The summed E-state index contributed by atoms with van der Waals surface area (Å²) in [4.78, 5) is 27.4. The average Bonchev–Trinajstić information content (AvgIpc) is 2.73. The fourth-order valence-corrected chi connectivity index (χ4v) is 3.72. The molecule has 8 heteroatoms. The maximum absolute atomic E-state index is 13.5. The van der Waals surface area contributed by atoms with Crippen LogP contribution in [-0.4, -0.2) is 25.8 Å². The van der Waals surface area contributed by atoms with Crippen molar-refractivity contribution in [3.8, 4) is 17.1 Å². The van der Waals surface area contributed by atoms with Crippen LogP contribution in [0.5, 0.6) is 0 Å². The van der Waals surface area contributed by atoms with Crippen LogP contribution in [0.3, 0.4) is 0 Å². The predicted octanol–water partition coefficient (Wildman–Crippen LogP) is 3.85. The van der Waals surface area contributed by atoms with Gasteiger partial charge in [-0.1, -0.05) is 38.1 Å². The SMILES string of the molecule is CSc1ccc(-c2nc3nc(N)nc(N)c3c(=O)n2-c2ccc(C(C)C)cc2)cc1. The van der Waals surface area contributed by atoms with E-state index < -0.39 is 0 Å². The van der Waals surface area contributed by atoms with E-state index in [4.69, 9.17) is 11.5 Å². The summed E-state index contributed by atoms with van der Waals surface area (Å²) in [5.41, 5.74) is 14.3. The van der Waals surface area contributed by atoms with Gasteiger partial charge < -0.3 is 11.5 Å². The first kappa shape index (κ1) is 19.9. The van der Waals surface area contributed by atoms with E-state index in [0.717, 1.165) is 10.5 Å². The topological polar surface area (TPSA) is 113 Å². The summed E-state index contributed by atoms with van der Waals surface area (Å²) < 4.78 is 1.55. The van der Waals surface area contributed by atoms with Crippen molar-refractivity contribution in [2.75, 3.05) is 17.7 Å². The Bertz CT molecular complexity index is 1280. The third kappa shape index (κ3) is 3.50. The Morgan fingerprint density at radius 1 is 0.933 bits per heavy atom. The number of nitrogens with zero attached hydrogens (tertiary/aromatic N) is 4. The highest BCUT2D eigenvalue weighted by molar-refractivity contribution is 7.98. The van der Waals surface area contributed by atoms with E-state index in [1.165, 1.54) is 5.56 Å². The fraction of sp³-hybridized carbons (Fsp3) is 0.182. The molecule has 4 rings (SSSR count). The van der Waals surface area contributed by atoms with Gasteiger partial charge in [0.15, 0.2) is 5.65 Å². The predicted molar refractivity (Wildman–Crippen MR) is 123 cm³/mol. The van der Waals surface area contributed by atoms with Crippen molar-refractivity contribution < 1.29 is 0 Å². The second kappa shape index (κ2) is 7.79. The lowest BCUT2D eigenvalue weighted by Crippen LogP contribution is -2.24. The molecule has 152 valence electrons. The van der Waals surface area contributed by atoms with Crippen LogP contribution >= 0.6 is 11.8 Å². The van der Waals surface area contributed by atoms with Crippen molar-refractivity contribution in [3.63, 3.8) is 0 Å². The Morgan fingerprint density at radius 3 is 2.20 bits per heavy atom. The van der Waals surface area contributed by atoms with E-state index in [1.54, 1.807) is 16.3 Å². The zero-order valence-electron chi connectivity index (χ0n) is 17.0. The molecule has 0 radical (unpaired) electrons. The maximum atomic E-state index is 13.5. The molecule has 0 bridgehead atoms. The summed E-state index contributed by atoms with van der Waals surface area (Å²) in [5.74, 6) is 0.854. The molecule has 0 fully saturated rings. The first-order valence-electron chi connectivity index (χ1n) is 9.49. The van der Waals surface area contributed by atoms with Crippen molar-refractivity contribution >= 4 is 34.6 Å². The summed E-state index contributed by atoms with van der Waals surface area (Å²) in [5, 5.41) is 0.154. The monoisotopic (exact) mass is 418 g/mol. The van der Waals surface area contributed by atoms with E-state index in [9.17, 15) is 4.79 Å². The number of anilines is 2. The molecule has 7 nitrogen and oxygen atoms in total. The Labute approximate surface area is 178 Å². The smallest absolute Gasteiger partial charge is 0.271 e. The molecular formula is C22H22N6OS. The van der Waals surface area contributed by atoms with Gasteiger partial charge in [-0.25, -0.2) is 4.98 Å². The van der Waals surface area contributed by atoms with Crippen molar-refractivity contribution in [1.29, 1.82) is 0 Å². The Morgan fingerprint density at radius 2 is 1.60 bits per heavy atom. The minimum Gasteiger partial charge on any atom is -0.383 e. The van der Waals surface area contributed by atoms with Gasteiger partial charge in [0.1, 0.15) is 17.0 Å². The summed E-state index contributed by atoms with van der Waals surface area (Å²) in [6.07, 6.45) is 2.01. The number of fused-ring (bicyclic) bond motifs is 1. The number of nitrogen functional groups attached to an aromatic ring is 2. The van der Waals surface area contributed by atoms with Crippen LogP contribution < -0.4 is 17.0 Å². The van der Waals surface area contributed by atoms with Crippen molar-refractivity contribution in [1.82, 2.24) is 19.5 Å². The summed E-state index contributed by atoms with van der Waals surface area (Å²) in [7, 11) is 0. The van der Waals surface area contributed by atoms with Crippen LogP contribution in [-0.2, 0) is 0 Å². The highest BCUT2D eigenvalue weighted by Gasteiger charge is 2.18. The quantitative estimate of drug-likeness (QED) is 0.484. The molecule has 4 N–H and O–H groups in total. The molecule has 0 atom stereocenters. The molecule has 2 heterocycles. The molecule has 0 saturated carbocycles. The number of rotatable bonds is 4. The van der Waals surface area contributed by atoms with Gasteiger partial charge in [0.25, 0.3) is 5.56 Å². The zero-order valence-corrected chi connectivity index (χ0v) is 17.8. The number of hydrogen-bond acceptors (Lipinski definition) is 7. The summed E-state index contributed by atoms with van der Waals surface area (Å²) >= 11 is 1.64. The molecule has 0 aliphatic carbocycles. The van der Waals surface area contributed by atoms with Crippen molar-refractivity contribution in [2.45, 2.75) is 24.7 Å². The van der Waals surface area contributed by atoms with Crippen LogP contribution in [0.15, 0.2) is 58.2 Å². The van der Waals surface area contributed by atoms with Gasteiger partial charge in [-0.3, -0.25) is 9.36 Å². The van der Waals surface area contributed by atoms with Gasteiger partial charge in [0.2, 0.25) is 5.95 Å². The van der Waals surface area contributed by atoms with Gasteiger partial charge in [-0.2, -0.15) is 9.97 Å². The molecule has 30 heavy (non-hydrogen) atoms. The third-order valence-corrected chi connectivity index (χ3v) is 5.69. The maximum Gasteiger partial charge on any atom is 0.271 e. The Hall–Kier alpha value is -3.39. The van der Waals surface area contributed by atoms with Crippen LogP contribution in [0.1, 0.15) is 25.3 Å². The van der Waals surface area contributed by atoms with E-state index in [2.05, 4.69) is 28.8 Å². The highest BCUT2D eigenvalue weighted by Crippen LogP contribution is 2.26. The lowest BCUT2D eigenvalue weighted by atomic mass is 10.0. The second-order valence-electron chi connectivity index (χ2n) is 7.22. The molecule has 0 aliphatic heterocycles. The van der Waals surface area contributed by atoms with Crippen molar-refractivity contribution in [3.05, 3.63) is 64.4 Å². The van der Waals surface area contributed by atoms with Gasteiger partial charge in [-0.15, -0.1) is 11.8 Å². The number of nitrogens with two attached hydrogens (primary N) is 2. The molecule has 0 spiro atoms. The highest BCUT2D eigenvalue weighted by atomic mass is 32.2. The van der Waals surface area contributed by atoms with Crippen LogP contribution in [0.25, 0.3) is 28.1 Å². The number of hydrogen-bond donors (Lipinski definition) is 2. The van der Waals surface area contributed by atoms with Crippen LogP contribution in [0.4, 0.5) is 11.8 Å². The molecule has 4 aromatic rings. The van der Waals surface area contributed by atoms with Gasteiger partial charge in [-0.05, 0) is 42.0 Å². The van der Waals surface area contributed by atoms with E-state index in [-0.39, 0.29) is 28.4 Å². The zero-order chi connectivity index (χ0) is 21.4. The van der Waals surface area contributed by atoms with Crippen LogP contribution in [0.2, 0.25) is 0 Å². The molecule has 0 unspecified atom stereocenters. The van der Waals surface area contributed by atoms with Crippen molar-refractivity contribution in [2.24, 2.45) is 0 Å². The average molecular weight is 419 g/mol. The van der Waals surface area contributed by atoms with E-state index in [1.807, 2.05) is 54.8 Å². The molecule has 0 amide bonds. The van der Waals surface area contributed by atoms with Gasteiger partial charge >= 0.3 is 0 Å². The third-order valence-electron chi connectivity index (χ3n) is 4.94. The molecule has 2 aromatic heterocycles. The number of aromatic nitrogens is 4. The minimum absolute atomic E-state index is 0.0189. The number of thioether (sulfide) groups is 1. The standard InChI is InChI=1S/C22H22N6OS/c1-12(2)13-4-8-15(9-5-13)28-20(14-6-10-16(30-3)11-7-14)26-19-17(21(28)29)18(23)25-22(24)27-19/h4-12H,1-3H3,(H4,23,24,25,27). The fourth-order valence-electron chi connectivity index (χ4n) is 3.31. The minimum atomic E-state index is -0.335. The van der Waals surface area contributed by atoms with Crippen LogP contribution in [0, 0.1) is 0 Å². The van der Waals surface area contributed by atoms with E-state index >= 15 is 0 Å². The van der Waals surface area contributed by atoms with Gasteiger partial charge in [0.05, 0.1) is 5.69 Å². The summed E-state index contributed by atoms with van der Waals surface area (Å²) in [6, 6.07) is 15.7. The lowest BCUT2D eigenvalue weighted by molar-refractivity contribution is 0.864. The largest absolute Gasteiger partial charge is 0.383 e. The second-order valence-corrected chi connectivity index (χ2v) is 8.10.